The molecule has 2 aromatic carbocycles. The van der Waals surface area contributed by atoms with Gasteiger partial charge in [-0.1, -0.05) is 49.4 Å². The molecule has 22 heavy (non-hydrogen) atoms. The van der Waals surface area contributed by atoms with E-state index in [0.717, 1.165) is 18.6 Å². The average Bonchev–Trinajstić information content (AvgIpc) is 2.59. The molecule has 2 N–H and O–H groups in total. The van der Waals surface area contributed by atoms with E-state index in [0.29, 0.717) is 0 Å². The van der Waals surface area contributed by atoms with Gasteiger partial charge in [-0.15, -0.1) is 0 Å². The molecular formula is C19H25NO2. The van der Waals surface area contributed by atoms with Gasteiger partial charge in [0.05, 0.1) is 13.7 Å². The van der Waals surface area contributed by atoms with Crippen LogP contribution in [0.5, 0.6) is 5.75 Å². The van der Waals surface area contributed by atoms with Crippen molar-refractivity contribution in [3.05, 3.63) is 65.7 Å². The van der Waals surface area contributed by atoms with E-state index in [1.807, 2.05) is 18.2 Å². The first-order valence-electron chi connectivity index (χ1n) is 7.81. The molecule has 0 unspecified atom stereocenters. The summed E-state index contributed by atoms with van der Waals surface area (Å²) in [7, 11) is 1.67. The topological polar surface area (TPSA) is 41.5 Å². The van der Waals surface area contributed by atoms with Crippen molar-refractivity contribution in [1.29, 1.82) is 0 Å². The zero-order chi connectivity index (χ0) is 15.8. The van der Waals surface area contributed by atoms with Crippen LogP contribution in [0.15, 0.2) is 54.6 Å². The van der Waals surface area contributed by atoms with Crippen LogP contribution in [0.25, 0.3) is 0 Å². The average molecular weight is 299 g/mol. The Morgan fingerprint density at radius 1 is 1.05 bits per heavy atom. The fraction of sp³-hybridized carbons (Fsp3) is 0.368. The molecule has 0 spiro atoms. The van der Waals surface area contributed by atoms with Crippen LogP contribution in [-0.4, -0.2) is 24.9 Å². The molecule has 118 valence electrons. The van der Waals surface area contributed by atoms with E-state index >= 15 is 0 Å². The Hall–Kier alpha value is -1.84. The molecule has 0 saturated carbocycles. The molecule has 0 aliphatic heterocycles. The molecule has 0 aliphatic rings. The Bertz CT molecular complexity index is 535. The smallest absolute Gasteiger partial charge is 0.118 e. The minimum Gasteiger partial charge on any atom is -0.497 e. The lowest BCUT2D eigenvalue weighted by Crippen LogP contribution is -2.36. The minimum atomic E-state index is 0.107. The van der Waals surface area contributed by atoms with Gasteiger partial charge in [-0.05, 0) is 36.1 Å². The molecule has 2 atom stereocenters. The van der Waals surface area contributed by atoms with Gasteiger partial charge in [0.25, 0.3) is 0 Å². The zero-order valence-electron chi connectivity index (χ0n) is 13.3. The number of rotatable bonds is 8. The molecule has 0 aliphatic carbocycles. The second kappa shape index (κ2) is 8.57. The number of nitrogens with one attached hydrogen (secondary N) is 1. The number of ether oxygens (including phenoxy) is 1. The molecule has 0 radical (unpaired) electrons. The van der Waals surface area contributed by atoms with Crippen molar-refractivity contribution >= 4 is 0 Å². The summed E-state index contributed by atoms with van der Waals surface area (Å²) in [6.07, 6.45) is 1.79. The van der Waals surface area contributed by atoms with Crippen LogP contribution in [0.1, 0.15) is 30.5 Å². The van der Waals surface area contributed by atoms with Crippen LogP contribution in [0.3, 0.4) is 0 Å². The minimum absolute atomic E-state index is 0.107. The number of benzene rings is 2. The fourth-order valence-electron chi connectivity index (χ4n) is 2.54. The van der Waals surface area contributed by atoms with E-state index < -0.39 is 0 Å². The molecule has 3 heteroatoms. The van der Waals surface area contributed by atoms with Crippen molar-refractivity contribution in [3.63, 3.8) is 0 Å². The lowest BCUT2D eigenvalue weighted by molar-refractivity contribution is 0.227. The third-order valence-electron chi connectivity index (χ3n) is 3.95. The molecule has 3 nitrogen and oxygen atoms in total. The molecule has 0 saturated heterocycles. The highest BCUT2D eigenvalue weighted by Crippen LogP contribution is 2.22. The van der Waals surface area contributed by atoms with Gasteiger partial charge in [-0.2, -0.15) is 0 Å². The first-order valence-corrected chi connectivity index (χ1v) is 7.81. The van der Waals surface area contributed by atoms with Gasteiger partial charge < -0.3 is 15.2 Å². The SMILES string of the molecule is CC[C@H](CO)N[C@H](Cc1ccccc1)c1ccc(OC)cc1. The number of hydrogen-bond donors (Lipinski definition) is 2. The van der Waals surface area contributed by atoms with Gasteiger partial charge in [-0.25, -0.2) is 0 Å². The van der Waals surface area contributed by atoms with Gasteiger partial charge in [0.15, 0.2) is 0 Å². The van der Waals surface area contributed by atoms with Gasteiger partial charge >= 0.3 is 0 Å². The summed E-state index contributed by atoms with van der Waals surface area (Å²) in [4.78, 5) is 0. The number of aliphatic hydroxyl groups is 1. The van der Waals surface area contributed by atoms with Crippen molar-refractivity contribution in [2.24, 2.45) is 0 Å². The van der Waals surface area contributed by atoms with E-state index in [4.69, 9.17) is 4.74 Å². The molecule has 0 heterocycles. The number of aliphatic hydroxyl groups excluding tert-OH is 1. The molecule has 0 bridgehead atoms. The summed E-state index contributed by atoms with van der Waals surface area (Å²) >= 11 is 0. The van der Waals surface area contributed by atoms with Crippen LogP contribution in [0.4, 0.5) is 0 Å². The Morgan fingerprint density at radius 2 is 1.73 bits per heavy atom. The van der Waals surface area contributed by atoms with Crippen molar-refractivity contribution in [2.45, 2.75) is 31.8 Å². The Kier molecular flexibility index (Phi) is 6.44. The zero-order valence-corrected chi connectivity index (χ0v) is 13.3. The summed E-state index contributed by atoms with van der Waals surface area (Å²) in [6, 6.07) is 18.8. The maximum Gasteiger partial charge on any atom is 0.118 e. The molecule has 0 fully saturated rings. The Morgan fingerprint density at radius 3 is 2.27 bits per heavy atom. The number of hydrogen-bond acceptors (Lipinski definition) is 3. The van der Waals surface area contributed by atoms with Crippen molar-refractivity contribution in [1.82, 2.24) is 5.32 Å². The van der Waals surface area contributed by atoms with Crippen molar-refractivity contribution in [2.75, 3.05) is 13.7 Å². The maximum absolute atomic E-state index is 9.49. The molecule has 2 rings (SSSR count). The lowest BCUT2D eigenvalue weighted by atomic mass is 9.97. The third-order valence-corrected chi connectivity index (χ3v) is 3.95. The highest BCUT2D eigenvalue weighted by molar-refractivity contribution is 5.30. The first-order chi connectivity index (χ1) is 10.8. The summed E-state index contributed by atoms with van der Waals surface area (Å²) in [5.74, 6) is 0.858. The van der Waals surface area contributed by atoms with E-state index in [9.17, 15) is 5.11 Å². The van der Waals surface area contributed by atoms with Crippen LogP contribution in [-0.2, 0) is 6.42 Å². The third kappa shape index (κ3) is 4.58. The molecule has 2 aromatic rings. The first kappa shape index (κ1) is 16.5. The van der Waals surface area contributed by atoms with Crippen LogP contribution >= 0.6 is 0 Å². The van der Waals surface area contributed by atoms with Gasteiger partial charge in [-0.3, -0.25) is 0 Å². The standard InChI is InChI=1S/C19H25NO2/c1-3-17(14-21)20-19(13-15-7-5-4-6-8-15)16-9-11-18(22-2)12-10-16/h4-12,17,19-21H,3,13-14H2,1-2H3/t17-,19-/m1/s1. The molecular weight excluding hydrogens is 274 g/mol. The number of methoxy groups -OCH3 is 1. The highest BCUT2D eigenvalue weighted by Gasteiger charge is 2.16. The fourth-order valence-corrected chi connectivity index (χ4v) is 2.54. The van der Waals surface area contributed by atoms with Crippen molar-refractivity contribution in [3.8, 4) is 5.75 Å². The van der Waals surface area contributed by atoms with Crippen LogP contribution in [0, 0.1) is 0 Å². The second-order valence-corrected chi connectivity index (χ2v) is 5.47. The Balaban J connectivity index is 2.19. The summed E-state index contributed by atoms with van der Waals surface area (Å²) < 4.78 is 5.23. The van der Waals surface area contributed by atoms with Crippen molar-refractivity contribution < 1.29 is 9.84 Å². The molecule has 0 amide bonds. The summed E-state index contributed by atoms with van der Waals surface area (Å²) in [5.41, 5.74) is 2.49. The van der Waals surface area contributed by atoms with E-state index in [1.165, 1.54) is 11.1 Å². The normalized spacial score (nSPS) is 13.6. The predicted molar refractivity (Wildman–Crippen MR) is 90.2 cm³/mol. The van der Waals surface area contributed by atoms with Gasteiger partial charge in [0, 0.05) is 12.1 Å². The molecule has 0 aromatic heterocycles. The largest absolute Gasteiger partial charge is 0.497 e. The predicted octanol–water partition coefficient (Wildman–Crippen LogP) is 3.34. The van der Waals surface area contributed by atoms with E-state index in [2.05, 4.69) is 48.6 Å². The van der Waals surface area contributed by atoms with E-state index in [1.54, 1.807) is 7.11 Å². The monoisotopic (exact) mass is 299 g/mol. The quantitative estimate of drug-likeness (QED) is 0.785. The summed E-state index contributed by atoms with van der Waals surface area (Å²) in [6.45, 7) is 2.24. The van der Waals surface area contributed by atoms with Gasteiger partial charge in [0.1, 0.15) is 5.75 Å². The maximum atomic E-state index is 9.49. The lowest BCUT2D eigenvalue weighted by Gasteiger charge is -2.25. The van der Waals surface area contributed by atoms with Crippen LogP contribution < -0.4 is 10.1 Å². The summed E-state index contributed by atoms with van der Waals surface area (Å²) in [5, 5.41) is 13.1. The van der Waals surface area contributed by atoms with Crippen LogP contribution in [0.2, 0.25) is 0 Å². The highest BCUT2D eigenvalue weighted by atomic mass is 16.5. The van der Waals surface area contributed by atoms with Gasteiger partial charge in [0.2, 0.25) is 0 Å². The Labute approximate surface area is 133 Å². The second-order valence-electron chi connectivity index (χ2n) is 5.47. The van der Waals surface area contributed by atoms with E-state index in [-0.39, 0.29) is 18.7 Å².